The van der Waals surface area contributed by atoms with Crippen molar-refractivity contribution >= 4 is 9.84 Å². The molecule has 0 aromatic rings. The van der Waals surface area contributed by atoms with Crippen LogP contribution < -0.4 is 5.32 Å². The molecule has 1 unspecified atom stereocenters. The second-order valence-electron chi connectivity index (χ2n) is 2.92. The van der Waals surface area contributed by atoms with E-state index < -0.39 is 9.84 Å². The number of sulfone groups is 1. The van der Waals surface area contributed by atoms with E-state index in [0.29, 0.717) is 19.5 Å². The zero-order chi connectivity index (χ0) is 9.61. The molecule has 12 heavy (non-hydrogen) atoms. The van der Waals surface area contributed by atoms with Crippen molar-refractivity contribution in [2.24, 2.45) is 0 Å². The van der Waals surface area contributed by atoms with Crippen LogP contribution in [0.15, 0.2) is 0 Å². The van der Waals surface area contributed by atoms with Gasteiger partial charge >= 0.3 is 0 Å². The molecule has 0 rings (SSSR count). The Morgan fingerprint density at radius 1 is 1.50 bits per heavy atom. The molecule has 1 atom stereocenters. The van der Waals surface area contributed by atoms with E-state index in [1.54, 1.807) is 6.92 Å². The Hall–Kier alpha value is -0.130. The molecule has 2 N–H and O–H groups in total. The standard InChI is InChI=1S/C7H17NO3S/c1-7(12(2,10)11)6-8-4-3-5-9/h7-9H,3-6H2,1-2H3. The zero-order valence-corrected chi connectivity index (χ0v) is 8.39. The van der Waals surface area contributed by atoms with Crippen molar-refractivity contribution in [3.05, 3.63) is 0 Å². The molecular weight excluding hydrogens is 178 g/mol. The van der Waals surface area contributed by atoms with Gasteiger partial charge in [0.05, 0.1) is 5.25 Å². The quantitative estimate of drug-likeness (QED) is 0.555. The maximum absolute atomic E-state index is 10.9. The van der Waals surface area contributed by atoms with E-state index in [2.05, 4.69) is 5.32 Å². The minimum atomic E-state index is -2.92. The van der Waals surface area contributed by atoms with Crippen LogP contribution in [-0.2, 0) is 9.84 Å². The van der Waals surface area contributed by atoms with Gasteiger partial charge in [-0.15, -0.1) is 0 Å². The van der Waals surface area contributed by atoms with Crippen molar-refractivity contribution in [3.8, 4) is 0 Å². The second-order valence-corrected chi connectivity index (χ2v) is 5.39. The minimum Gasteiger partial charge on any atom is -0.396 e. The Labute approximate surface area is 73.9 Å². The van der Waals surface area contributed by atoms with Gasteiger partial charge in [0.25, 0.3) is 0 Å². The van der Waals surface area contributed by atoms with Gasteiger partial charge in [0.1, 0.15) is 0 Å². The third-order valence-electron chi connectivity index (χ3n) is 1.67. The topological polar surface area (TPSA) is 66.4 Å². The number of hydrogen-bond acceptors (Lipinski definition) is 4. The molecule has 0 aliphatic rings. The smallest absolute Gasteiger partial charge is 0.151 e. The Morgan fingerprint density at radius 3 is 2.50 bits per heavy atom. The first kappa shape index (κ1) is 11.9. The number of aliphatic hydroxyl groups excluding tert-OH is 1. The van der Waals surface area contributed by atoms with Crippen molar-refractivity contribution < 1.29 is 13.5 Å². The Bertz CT molecular complexity index is 201. The van der Waals surface area contributed by atoms with Crippen molar-refractivity contribution in [1.29, 1.82) is 0 Å². The molecule has 74 valence electrons. The highest BCUT2D eigenvalue weighted by atomic mass is 32.2. The van der Waals surface area contributed by atoms with Crippen molar-refractivity contribution in [3.63, 3.8) is 0 Å². The van der Waals surface area contributed by atoms with Gasteiger partial charge in [-0.2, -0.15) is 0 Å². The highest BCUT2D eigenvalue weighted by Crippen LogP contribution is 1.94. The molecule has 0 aromatic heterocycles. The summed E-state index contributed by atoms with van der Waals surface area (Å²) >= 11 is 0. The van der Waals surface area contributed by atoms with Crippen molar-refractivity contribution in [1.82, 2.24) is 5.32 Å². The highest BCUT2D eigenvalue weighted by Gasteiger charge is 2.13. The molecule has 0 aliphatic heterocycles. The molecule has 0 amide bonds. The zero-order valence-electron chi connectivity index (χ0n) is 7.58. The molecule has 0 heterocycles. The second kappa shape index (κ2) is 5.50. The summed E-state index contributed by atoms with van der Waals surface area (Å²) in [6, 6.07) is 0. The van der Waals surface area contributed by atoms with Gasteiger partial charge in [0, 0.05) is 19.4 Å². The lowest BCUT2D eigenvalue weighted by Gasteiger charge is -2.09. The molecule has 0 fully saturated rings. The Morgan fingerprint density at radius 2 is 2.08 bits per heavy atom. The van der Waals surface area contributed by atoms with Crippen LogP contribution in [-0.4, -0.2) is 44.7 Å². The van der Waals surface area contributed by atoms with Crippen LogP contribution in [0.3, 0.4) is 0 Å². The molecule has 0 saturated heterocycles. The fraction of sp³-hybridized carbons (Fsp3) is 1.00. The van der Waals surface area contributed by atoms with Gasteiger partial charge in [-0.05, 0) is 19.9 Å². The van der Waals surface area contributed by atoms with E-state index in [-0.39, 0.29) is 11.9 Å². The van der Waals surface area contributed by atoms with E-state index >= 15 is 0 Å². The summed E-state index contributed by atoms with van der Waals surface area (Å²) in [6.45, 7) is 2.93. The first-order valence-electron chi connectivity index (χ1n) is 3.99. The number of nitrogens with one attached hydrogen (secondary N) is 1. The first-order valence-corrected chi connectivity index (χ1v) is 5.94. The summed E-state index contributed by atoms with van der Waals surface area (Å²) in [4.78, 5) is 0. The number of aliphatic hydroxyl groups is 1. The van der Waals surface area contributed by atoms with Gasteiger partial charge < -0.3 is 10.4 Å². The summed E-state index contributed by atoms with van der Waals surface area (Å²) in [5.74, 6) is 0. The van der Waals surface area contributed by atoms with Crippen LogP contribution in [0, 0.1) is 0 Å². The van der Waals surface area contributed by atoms with Crippen LogP contribution in [0.5, 0.6) is 0 Å². The monoisotopic (exact) mass is 195 g/mol. The number of rotatable bonds is 6. The molecule has 0 aromatic carbocycles. The average molecular weight is 195 g/mol. The molecule has 0 aliphatic carbocycles. The SMILES string of the molecule is CC(CNCCCO)S(C)(=O)=O. The van der Waals surface area contributed by atoms with E-state index in [9.17, 15) is 8.42 Å². The molecule has 5 heteroatoms. The molecule has 0 saturated carbocycles. The number of hydrogen-bond donors (Lipinski definition) is 2. The third-order valence-corrected chi connectivity index (χ3v) is 3.30. The predicted molar refractivity (Wildman–Crippen MR) is 48.9 cm³/mol. The van der Waals surface area contributed by atoms with E-state index in [4.69, 9.17) is 5.11 Å². The maximum Gasteiger partial charge on any atom is 0.151 e. The van der Waals surface area contributed by atoms with Crippen molar-refractivity contribution in [2.45, 2.75) is 18.6 Å². The van der Waals surface area contributed by atoms with Crippen LogP contribution in [0.4, 0.5) is 0 Å². The van der Waals surface area contributed by atoms with E-state index in [1.165, 1.54) is 6.26 Å². The van der Waals surface area contributed by atoms with E-state index in [1.807, 2.05) is 0 Å². The Balaban J connectivity index is 3.52. The van der Waals surface area contributed by atoms with Gasteiger partial charge in [-0.25, -0.2) is 8.42 Å². The largest absolute Gasteiger partial charge is 0.396 e. The summed E-state index contributed by atoms with van der Waals surface area (Å²) in [5, 5.41) is 11.0. The summed E-state index contributed by atoms with van der Waals surface area (Å²) in [5.41, 5.74) is 0. The lowest BCUT2D eigenvalue weighted by atomic mass is 10.4. The lowest BCUT2D eigenvalue weighted by molar-refractivity contribution is 0.286. The third kappa shape index (κ3) is 5.51. The van der Waals surface area contributed by atoms with Gasteiger partial charge in [-0.1, -0.05) is 0 Å². The predicted octanol–water partition coefficient (Wildman–Crippen LogP) is -0.608. The molecular formula is C7H17NO3S. The van der Waals surface area contributed by atoms with Gasteiger partial charge in [0.2, 0.25) is 0 Å². The Kier molecular flexibility index (Phi) is 5.44. The lowest BCUT2D eigenvalue weighted by Crippen LogP contribution is -2.31. The molecule has 0 bridgehead atoms. The van der Waals surface area contributed by atoms with Gasteiger partial charge in [0.15, 0.2) is 9.84 Å². The van der Waals surface area contributed by atoms with Crippen LogP contribution in [0.25, 0.3) is 0 Å². The van der Waals surface area contributed by atoms with Crippen molar-refractivity contribution in [2.75, 3.05) is 26.0 Å². The van der Waals surface area contributed by atoms with E-state index in [0.717, 1.165) is 0 Å². The fourth-order valence-corrected chi connectivity index (χ4v) is 1.08. The normalized spacial score (nSPS) is 14.6. The van der Waals surface area contributed by atoms with Crippen LogP contribution in [0.2, 0.25) is 0 Å². The van der Waals surface area contributed by atoms with Gasteiger partial charge in [-0.3, -0.25) is 0 Å². The first-order chi connectivity index (χ1) is 5.48. The minimum absolute atomic E-state index is 0.139. The summed E-state index contributed by atoms with van der Waals surface area (Å²) in [7, 11) is -2.92. The summed E-state index contributed by atoms with van der Waals surface area (Å²) < 4.78 is 21.8. The van der Waals surface area contributed by atoms with Crippen LogP contribution >= 0.6 is 0 Å². The average Bonchev–Trinajstić information content (AvgIpc) is 1.96. The molecule has 4 nitrogen and oxygen atoms in total. The van der Waals surface area contributed by atoms with Crippen LogP contribution in [0.1, 0.15) is 13.3 Å². The fourth-order valence-electron chi connectivity index (χ4n) is 0.661. The maximum atomic E-state index is 10.9. The molecule has 0 spiro atoms. The summed E-state index contributed by atoms with van der Waals surface area (Å²) in [6.07, 6.45) is 1.89. The molecule has 0 radical (unpaired) electrons. The highest BCUT2D eigenvalue weighted by molar-refractivity contribution is 7.91.